The topological polar surface area (TPSA) is 20.2 Å². The first-order valence-corrected chi connectivity index (χ1v) is 3.18. The van der Waals surface area contributed by atoms with Gasteiger partial charge in [0, 0.05) is 5.41 Å². The minimum atomic E-state index is -0.0638. The third-order valence-electron chi connectivity index (χ3n) is 1.23. The highest BCUT2D eigenvalue weighted by molar-refractivity contribution is 5.13. The molecule has 0 aliphatic heterocycles. The zero-order valence-corrected chi connectivity index (χ0v) is 6.59. The van der Waals surface area contributed by atoms with E-state index >= 15 is 0 Å². The van der Waals surface area contributed by atoms with Gasteiger partial charge in [0.15, 0.2) is 0 Å². The highest BCUT2D eigenvalue weighted by Crippen LogP contribution is 2.17. The summed E-state index contributed by atoms with van der Waals surface area (Å²) in [4.78, 5) is 0. The van der Waals surface area contributed by atoms with Gasteiger partial charge in [0.2, 0.25) is 0 Å². The summed E-state index contributed by atoms with van der Waals surface area (Å²) in [6, 6.07) is 0. The molecule has 0 aliphatic rings. The first-order chi connectivity index (χ1) is 4.48. The molecule has 1 N–H and O–H groups in total. The summed E-state index contributed by atoms with van der Waals surface area (Å²) in [5.41, 5.74) is -0.0638. The average molecular weight is 138 g/mol. The van der Waals surface area contributed by atoms with E-state index in [-0.39, 0.29) is 11.2 Å². The van der Waals surface area contributed by atoms with Crippen LogP contribution in [0, 0.1) is 5.41 Å². The normalized spacial score (nSPS) is 11.8. The van der Waals surface area contributed by atoms with Crippen molar-refractivity contribution in [1.82, 2.24) is 0 Å². The molecule has 0 rings (SSSR count). The third-order valence-corrected chi connectivity index (χ3v) is 1.23. The second-order valence-corrected chi connectivity index (χ2v) is 2.85. The van der Waals surface area contributed by atoms with Crippen molar-refractivity contribution in [3.05, 3.63) is 37.1 Å². The summed E-state index contributed by atoms with van der Waals surface area (Å²) >= 11 is 0. The van der Waals surface area contributed by atoms with Crippen LogP contribution in [0.25, 0.3) is 0 Å². The molecule has 0 aromatic rings. The van der Waals surface area contributed by atoms with Crippen molar-refractivity contribution in [2.75, 3.05) is 0 Å². The van der Waals surface area contributed by atoms with Gasteiger partial charge in [-0.15, -0.1) is 6.58 Å². The van der Waals surface area contributed by atoms with Crippen LogP contribution >= 0.6 is 0 Å². The molecule has 0 saturated carbocycles. The first kappa shape index (κ1) is 9.02. The number of hydrogen-bond acceptors (Lipinski definition) is 1. The van der Waals surface area contributed by atoms with E-state index in [0.29, 0.717) is 0 Å². The van der Waals surface area contributed by atoms with Gasteiger partial charge in [-0.1, -0.05) is 32.6 Å². The quantitative estimate of drug-likeness (QED) is 0.361. The van der Waals surface area contributed by atoms with Gasteiger partial charge in [-0.25, -0.2) is 0 Å². The van der Waals surface area contributed by atoms with Gasteiger partial charge in [-0.05, 0) is 6.08 Å². The minimum Gasteiger partial charge on any atom is -0.509 e. The molecule has 0 radical (unpaired) electrons. The van der Waals surface area contributed by atoms with E-state index in [1.165, 1.54) is 0 Å². The van der Waals surface area contributed by atoms with Gasteiger partial charge in [-0.2, -0.15) is 0 Å². The van der Waals surface area contributed by atoms with Crippen LogP contribution in [-0.2, 0) is 0 Å². The molecule has 1 heteroatoms. The van der Waals surface area contributed by atoms with Crippen LogP contribution in [0.15, 0.2) is 37.1 Å². The lowest BCUT2D eigenvalue weighted by Crippen LogP contribution is -2.00. The van der Waals surface area contributed by atoms with Gasteiger partial charge in [0.1, 0.15) is 5.76 Å². The van der Waals surface area contributed by atoms with Crippen LogP contribution in [0.3, 0.4) is 0 Å². The second kappa shape index (κ2) is 3.25. The lowest BCUT2D eigenvalue weighted by atomic mass is 9.93. The Hall–Kier alpha value is -0.980. The highest BCUT2D eigenvalue weighted by Gasteiger charge is 2.05. The predicted molar refractivity (Wildman–Crippen MR) is 44.9 cm³/mol. The van der Waals surface area contributed by atoms with Crippen LogP contribution in [0.1, 0.15) is 13.8 Å². The van der Waals surface area contributed by atoms with E-state index < -0.39 is 0 Å². The SMILES string of the molecule is C=CC(C)(C)/C=C\C(=C)O. The smallest absolute Gasteiger partial charge is 0.108 e. The number of allylic oxidation sites excluding steroid dienone is 3. The Balaban J connectivity index is 4.12. The summed E-state index contributed by atoms with van der Waals surface area (Å²) < 4.78 is 0. The van der Waals surface area contributed by atoms with E-state index in [1.807, 2.05) is 26.0 Å². The van der Waals surface area contributed by atoms with Crippen LogP contribution in [-0.4, -0.2) is 5.11 Å². The molecular formula is C9H14O. The van der Waals surface area contributed by atoms with Crippen molar-refractivity contribution in [3.8, 4) is 0 Å². The Morgan fingerprint density at radius 1 is 1.50 bits per heavy atom. The molecular weight excluding hydrogens is 124 g/mol. The molecule has 56 valence electrons. The molecule has 0 aromatic heterocycles. The van der Waals surface area contributed by atoms with Crippen LogP contribution in [0.2, 0.25) is 0 Å². The van der Waals surface area contributed by atoms with E-state index in [0.717, 1.165) is 0 Å². The Morgan fingerprint density at radius 3 is 2.30 bits per heavy atom. The number of aliphatic hydroxyl groups is 1. The van der Waals surface area contributed by atoms with E-state index in [4.69, 9.17) is 5.11 Å². The highest BCUT2D eigenvalue weighted by atomic mass is 16.3. The first-order valence-electron chi connectivity index (χ1n) is 3.18. The van der Waals surface area contributed by atoms with Crippen LogP contribution in [0.4, 0.5) is 0 Å². The van der Waals surface area contributed by atoms with Gasteiger partial charge in [0.25, 0.3) is 0 Å². The fourth-order valence-corrected chi connectivity index (χ4v) is 0.379. The largest absolute Gasteiger partial charge is 0.509 e. The van der Waals surface area contributed by atoms with Crippen molar-refractivity contribution in [1.29, 1.82) is 0 Å². The van der Waals surface area contributed by atoms with E-state index in [2.05, 4.69) is 13.2 Å². The second-order valence-electron chi connectivity index (χ2n) is 2.85. The lowest BCUT2D eigenvalue weighted by molar-refractivity contribution is 0.433. The molecule has 0 fully saturated rings. The van der Waals surface area contributed by atoms with Crippen LogP contribution in [0.5, 0.6) is 0 Å². The zero-order valence-electron chi connectivity index (χ0n) is 6.59. The zero-order chi connectivity index (χ0) is 8.20. The molecule has 10 heavy (non-hydrogen) atoms. The van der Waals surface area contributed by atoms with Gasteiger partial charge in [0.05, 0.1) is 0 Å². The van der Waals surface area contributed by atoms with Crippen molar-refractivity contribution in [2.45, 2.75) is 13.8 Å². The number of rotatable bonds is 3. The summed E-state index contributed by atoms with van der Waals surface area (Å²) in [6.45, 7) is 11.0. The Morgan fingerprint density at radius 2 is 2.00 bits per heavy atom. The van der Waals surface area contributed by atoms with Crippen molar-refractivity contribution in [3.63, 3.8) is 0 Å². The molecule has 0 heterocycles. The Bertz CT molecular complexity index is 164. The van der Waals surface area contributed by atoms with Gasteiger partial charge < -0.3 is 5.11 Å². The predicted octanol–water partition coefficient (Wildman–Crippen LogP) is 2.83. The lowest BCUT2D eigenvalue weighted by Gasteiger charge is -2.12. The standard InChI is InChI=1S/C9H14O/c1-5-9(3,4)7-6-8(2)10/h5-7,10H,1-2H2,3-4H3/b7-6-. The Labute approximate surface area is 62.4 Å². The molecule has 0 spiro atoms. The van der Waals surface area contributed by atoms with Crippen molar-refractivity contribution in [2.24, 2.45) is 5.41 Å². The summed E-state index contributed by atoms with van der Waals surface area (Å²) in [5, 5.41) is 8.70. The maximum absolute atomic E-state index is 8.70. The monoisotopic (exact) mass is 138 g/mol. The summed E-state index contributed by atoms with van der Waals surface area (Å²) in [6.07, 6.45) is 5.23. The maximum Gasteiger partial charge on any atom is 0.108 e. The molecule has 0 aliphatic carbocycles. The van der Waals surface area contributed by atoms with Gasteiger partial charge in [-0.3, -0.25) is 0 Å². The summed E-state index contributed by atoms with van der Waals surface area (Å²) in [7, 11) is 0. The molecule has 0 unspecified atom stereocenters. The van der Waals surface area contributed by atoms with E-state index in [1.54, 1.807) is 6.08 Å². The fraction of sp³-hybridized carbons (Fsp3) is 0.333. The molecule has 0 saturated heterocycles. The summed E-state index contributed by atoms with van der Waals surface area (Å²) in [5.74, 6) is 0.0786. The van der Waals surface area contributed by atoms with Gasteiger partial charge >= 0.3 is 0 Å². The minimum absolute atomic E-state index is 0.0638. The molecule has 1 nitrogen and oxygen atoms in total. The van der Waals surface area contributed by atoms with E-state index in [9.17, 15) is 0 Å². The van der Waals surface area contributed by atoms with Crippen molar-refractivity contribution >= 4 is 0 Å². The molecule has 0 amide bonds. The fourth-order valence-electron chi connectivity index (χ4n) is 0.379. The van der Waals surface area contributed by atoms with Crippen LogP contribution < -0.4 is 0 Å². The Kier molecular flexibility index (Phi) is 2.94. The molecule has 0 bridgehead atoms. The van der Waals surface area contributed by atoms with Crippen molar-refractivity contribution < 1.29 is 5.11 Å². The molecule has 0 aromatic carbocycles. The third kappa shape index (κ3) is 3.96. The average Bonchev–Trinajstić information content (AvgIpc) is 1.85. The maximum atomic E-state index is 8.70. The number of aliphatic hydroxyl groups excluding tert-OH is 1. The molecule has 0 atom stereocenters. The number of hydrogen-bond donors (Lipinski definition) is 1.